The van der Waals surface area contributed by atoms with Gasteiger partial charge >= 0.3 is 6.09 Å². The Labute approximate surface area is 183 Å². The molecule has 1 heterocycles. The summed E-state index contributed by atoms with van der Waals surface area (Å²) in [5.74, 6) is 0. The van der Waals surface area contributed by atoms with Gasteiger partial charge < -0.3 is 24.4 Å². The Kier molecular flexibility index (Phi) is 7.06. The standard InChI is InChI=1S/C22H33N3O6/c1-14-11-24(12-15(2)30-14)17-8-16(9-18(10-17)25(27)28)13-29-20-7-6-19(20)23-21(26)31-22(3,4)5/h8-10,14-15,19-20H,6-7,11-13H2,1-5H3,(H,23,26)/t14-,15+,19-,20-/m1/s1. The van der Waals surface area contributed by atoms with Crippen LogP contribution in [0.15, 0.2) is 18.2 Å². The van der Waals surface area contributed by atoms with Gasteiger partial charge in [-0.05, 0) is 59.1 Å². The molecular weight excluding hydrogens is 402 g/mol. The second kappa shape index (κ2) is 9.40. The van der Waals surface area contributed by atoms with Gasteiger partial charge in [-0.25, -0.2) is 4.79 Å². The second-order valence-corrected chi connectivity index (χ2v) is 9.46. The van der Waals surface area contributed by atoms with Crippen LogP contribution >= 0.6 is 0 Å². The Hall–Kier alpha value is -2.39. The Balaban J connectivity index is 1.64. The van der Waals surface area contributed by atoms with Crippen molar-refractivity contribution in [1.29, 1.82) is 0 Å². The predicted molar refractivity (Wildman–Crippen MR) is 116 cm³/mol. The minimum absolute atomic E-state index is 0.0416. The molecule has 1 saturated carbocycles. The lowest BCUT2D eigenvalue weighted by Crippen LogP contribution is -2.52. The van der Waals surface area contributed by atoms with Crippen molar-refractivity contribution in [1.82, 2.24) is 5.32 Å². The molecule has 1 aliphatic heterocycles. The zero-order chi connectivity index (χ0) is 22.8. The van der Waals surface area contributed by atoms with Crippen LogP contribution in [0, 0.1) is 10.1 Å². The van der Waals surface area contributed by atoms with Gasteiger partial charge in [-0.15, -0.1) is 0 Å². The summed E-state index contributed by atoms with van der Waals surface area (Å²) < 4.78 is 17.1. The topological polar surface area (TPSA) is 103 Å². The highest BCUT2D eigenvalue weighted by atomic mass is 16.6. The first kappa shape index (κ1) is 23.3. The molecule has 0 unspecified atom stereocenters. The Morgan fingerprint density at radius 1 is 1.23 bits per heavy atom. The Morgan fingerprint density at radius 2 is 1.90 bits per heavy atom. The molecule has 0 spiro atoms. The molecule has 1 saturated heterocycles. The van der Waals surface area contributed by atoms with Crippen LogP contribution in [-0.4, -0.2) is 54.1 Å². The highest BCUT2D eigenvalue weighted by Crippen LogP contribution is 2.29. The van der Waals surface area contributed by atoms with Gasteiger partial charge in [0, 0.05) is 30.9 Å². The summed E-state index contributed by atoms with van der Waals surface area (Å²) in [6.45, 7) is 11.0. The number of ether oxygens (including phenoxy) is 3. The van der Waals surface area contributed by atoms with E-state index in [1.807, 2.05) is 40.7 Å². The van der Waals surface area contributed by atoms with Crippen LogP contribution in [0.2, 0.25) is 0 Å². The van der Waals surface area contributed by atoms with Gasteiger partial charge in [-0.3, -0.25) is 10.1 Å². The zero-order valence-corrected chi connectivity index (χ0v) is 18.9. The van der Waals surface area contributed by atoms with E-state index in [0.717, 1.165) is 24.1 Å². The molecule has 172 valence electrons. The number of carbonyl (C=O) groups excluding carboxylic acids is 1. The van der Waals surface area contributed by atoms with E-state index in [1.54, 1.807) is 12.1 Å². The van der Waals surface area contributed by atoms with Crippen LogP contribution in [0.4, 0.5) is 16.2 Å². The molecule has 9 nitrogen and oxygen atoms in total. The normalized spacial score (nSPS) is 26.2. The summed E-state index contributed by atoms with van der Waals surface area (Å²) in [5, 5.41) is 14.3. The third-order valence-electron chi connectivity index (χ3n) is 5.34. The number of hydrogen-bond acceptors (Lipinski definition) is 7. The maximum atomic E-state index is 12.0. The largest absolute Gasteiger partial charge is 0.444 e. The minimum Gasteiger partial charge on any atom is -0.444 e. The molecule has 0 bridgehead atoms. The molecule has 1 amide bonds. The van der Waals surface area contributed by atoms with E-state index in [1.165, 1.54) is 0 Å². The lowest BCUT2D eigenvalue weighted by atomic mass is 9.89. The summed E-state index contributed by atoms with van der Waals surface area (Å²) in [7, 11) is 0. The van der Waals surface area contributed by atoms with E-state index in [2.05, 4.69) is 10.2 Å². The van der Waals surface area contributed by atoms with Crippen LogP contribution in [0.25, 0.3) is 0 Å². The number of nitrogens with one attached hydrogen (secondary N) is 1. The number of amides is 1. The highest BCUT2D eigenvalue weighted by molar-refractivity contribution is 5.68. The fourth-order valence-electron chi connectivity index (χ4n) is 3.91. The Morgan fingerprint density at radius 3 is 2.45 bits per heavy atom. The van der Waals surface area contributed by atoms with Gasteiger partial charge in [-0.1, -0.05) is 0 Å². The van der Waals surface area contributed by atoms with Gasteiger partial charge in [0.25, 0.3) is 5.69 Å². The third kappa shape index (κ3) is 6.54. The smallest absolute Gasteiger partial charge is 0.407 e. The van der Waals surface area contributed by atoms with Crippen molar-refractivity contribution in [2.75, 3.05) is 18.0 Å². The number of non-ortho nitro benzene ring substituents is 1. The number of nitro benzene ring substituents is 1. The molecule has 0 radical (unpaired) electrons. The average molecular weight is 436 g/mol. The van der Waals surface area contributed by atoms with Crippen LogP contribution in [-0.2, 0) is 20.8 Å². The number of morpholine rings is 1. The average Bonchev–Trinajstić information content (AvgIpc) is 2.63. The van der Waals surface area contributed by atoms with Crippen molar-refractivity contribution in [2.45, 2.75) is 84.0 Å². The predicted octanol–water partition coefficient (Wildman–Crippen LogP) is 3.78. The van der Waals surface area contributed by atoms with Crippen molar-refractivity contribution in [3.8, 4) is 0 Å². The molecule has 2 aliphatic rings. The van der Waals surface area contributed by atoms with Crippen molar-refractivity contribution < 1.29 is 23.9 Å². The molecule has 4 atom stereocenters. The monoisotopic (exact) mass is 435 g/mol. The number of benzene rings is 1. The molecule has 2 fully saturated rings. The maximum absolute atomic E-state index is 12.0. The zero-order valence-electron chi connectivity index (χ0n) is 18.9. The molecule has 31 heavy (non-hydrogen) atoms. The summed E-state index contributed by atoms with van der Waals surface area (Å²) in [6, 6.07) is 4.97. The maximum Gasteiger partial charge on any atom is 0.407 e. The number of rotatable bonds is 6. The molecular formula is C22H33N3O6. The quantitative estimate of drug-likeness (QED) is 0.536. The first-order valence-corrected chi connectivity index (χ1v) is 10.8. The number of carbonyl (C=O) groups is 1. The summed E-state index contributed by atoms with van der Waals surface area (Å²) >= 11 is 0. The molecule has 0 aromatic heterocycles. The van der Waals surface area contributed by atoms with Gasteiger partial charge in [0.05, 0.1) is 35.9 Å². The molecule has 3 rings (SSSR count). The van der Waals surface area contributed by atoms with E-state index in [0.29, 0.717) is 13.1 Å². The summed E-state index contributed by atoms with van der Waals surface area (Å²) in [5.41, 5.74) is 1.02. The lowest BCUT2D eigenvalue weighted by Gasteiger charge is -2.37. The van der Waals surface area contributed by atoms with E-state index >= 15 is 0 Å². The number of anilines is 1. The van der Waals surface area contributed by atoms with Gasteiger partial charge in [0.1, 0.15) is 5.60 Å². The number of nitro groups is 1. The van der Waals surface area contributed by atoms with Crippen molar-refractivity contribution in [2.24, 2.45) is 0 Å². The van der Waals surface area contributed by atoms with E-state index < -0.39 is 11.7 Å². The van der Waals surface area contributed by atoms with E-state index in [-0.39, 0.29) is 41.6 Å². The number of alkyl carbamates (subject to hydrolysis) is 1. The number of nitrogens with zero attached hydrogens (tertiary/aromatic N) is 2. The first-order chi connectivity index (χ1) is 14.5. The summed E-state index contributed by atoms with van der Waals surface area (Å²) in [4.78, 5) is 25.2. The van der Waals surface area contributed by atoms with Crippen molar-refractivity contribution >= 4 is 17.5 Å². The fourth-order valence-corrected chi connectivity index (χ4v) is 3.91. The Bertz CT molecular complexity index is 799. The summed E-state index contributed by atoms with van der Waals surface area (Å²) in [6.07, 6.45) is 1.14. The van der Waals surface area contributed by atoms with Crippen LogP contribution < -0.4 is 10.2 Å². The highest BCUT2D eigenvalue weighted by Gasteiger charge is 2.34. The molecule has 1 aliphatic carbocycles. The van der Waals surface area contributed by atoms with Crippen LogP contribution in [0.5, 0.6) is 0 Å². The molecule has 1 aromatic rings. The van der Waals surface area contributed by atoms with E-state index in [4.69, 9.17) is 14.2 Å². The van der Waals surface area contributed by atoms with Crippen molar-refractivity contribution in [3.05, 3.63) is 33.9 Å². The van der Waals surface area contributed by atoms with Gasteiger partial charge in [0.2, 0.25) is 0 Å². The van der Waals surface area contributed by atoms with Gasteiger partial charge in [0.15, 0.2) is 0 Å². The third-order valence-corrected chi connectivity index (χ3v) is 5.34. The molecule has 1 aromatic carbocycles. The molecule has 1 N–H and O–H groups in total. The first-order valence-electron chi connectivity index (χ1n) is 10.8. The fraction of sp³-hybridized carbons (Fsp3) is 0.682. The lowest BCUT2D eigenvalue weighted by molar-refractivity contribution is -0.384. The molecule has 9 heteroatoms. The van der Waals surface area contributed by atoms with Crippen LogP contribution in [0.3, 0.4) is 0 Å². The van der Waals surface area contributed by atoms with E-state index in [9.17, 15) is 14.9 Å². The minimum atomic E-state index is -0.557. The second-order valence-electron chi connectivity index (χ2n) is 9.46. The SMILES string of the molecule is C[C@@H]1CN(c2cc(CO[C@@H]3CC[C@H]3NC(=O)OC(C)(C)C)cc([N+](=O)[O-])c2)C[C@H](C)O1. The van der Waals surface area contributed by atoms with Gasteiger partial charge in [-0.2, -0.15) is 0 Å². The van der Waals surface area contributed by atoms with Crippen molar-refractivity contribution in [3.63, 3.8) is 0 Å². The van der Waals surface area contributed by atoms with Crippen LogP contribution in [0.1, 0.15) is 53.0 Å². The number of hydrogen-bond donors (Lipinski definition) is 1.